The molecule has 19 heavy (non-hydrogen) atoms. The topological polar surface area (TPSA) is 52.7 Å². The van der Waals surface area contributed by atoms with Crippen LogP contribution in [0.15, 0.2) is 18.5 Å². The highest BCUT2D eigenvalue weighted by Gasteiger charge is 2.21. The Labute approximate surface area is 113 Å². The average molecular weight is 260 g/mol. The van der Waals surface area contributed by atoms with Crippen LogP contribution in [0.4, 0.5) is 4.79 Å². The molecule has 0 radical (unpaired) electrons. The fourth-order valence-corrected chi connectivity index (χ4v) is 2.27. The van der Waals surface area contributed by atoms with Gasteiger partial charge in [-0.05, 0) is 30.9 Å². The van der Waals surface area contributed by atoms with Crippen LogP contribution in [0.2, 0.25) is 0 Å². The number of rotatable bonds is 3. The van der Waals surface area contributed by atoms with Crippen molar-refractivity contribution in [3.05, 3.63) is 35.4 Å². The molecule has 0 aromatic carbocycles. The lowest BCUT2D eigenvalue weighted by molar-refractivity contribution is 0.237. The predicted octanol–water partition coefficient (Wildman–Crippen LogP) is 2.98. The van der Waals surface area contributed by atoms with Crippen LogP contribution >= 0.6 is 0 Å². The third kappa shape index (κ3) is 2.45. The Balaban J connectivity index is 2.49. The molecule has 2 aromatic rings. The Bertz CT molecular complexity index is 567. The second-order valence-electron chi connectivity index (χ2n) is 5.01. The largest absolute Gasteiger partial charge is 0.369 e. The smallest absolute Gasteiger partial charge is 0.244 e. The van der Waals surface area contributed by atoms with Crippen LogP contribution in [-0.4, -0.2) is 25.6 Å². The third-order valence-corrected chi connectivity index (χ3v) is 3.20. The Morgan fingerprint density at radius 3 is 2.68 bits per heavy atom. The van der Waals surface area contributed by atoms with Gasteiger partial charge in [-0.2, -0.15) is 19.6 Å². The quantitative estimate of drug-likeness (QED) is 0.852. The van der Waals surface area contributed by atoms with E-state index in [1.165, 1.54) is 9.36 Å². The monoisotopic (exact) mass is 260 g/mol. The zero-order chi connectivity index (χ0) is 14.0. The van der Waals surface area contributed by atoms with Gasteiger partial charge in [0, 0.05) is 12.4 Å². The maximum absolute atomic E-state index is 12.4. The molecule has 0 amide bonds. The number of hydrogen-bond acceptors (Lipinski definition) is 3. The molecule has 0 fully saturated rings. The Kier molecular flexibility index (Phi) is 3.83. The molecule has 2 aromatic heterocycles. The molecule has 5 nitrogen and oxygen atoms in total. The van der Waals surface area contributed by atoms with Crippen LogP contribution in [0.3, 0.4) is 0 Å². The molecule has 0 unspecified atom stereocenters. The number of carbonyl (C=O) groups excluding carboxylic acids is 1. The van der Waals surface area contributed by atoms with Gasteiger partial charge < -0.3 is 0 Å². The van der Waals surface area contributed by atoms with Gasteiger partial charge in [-0.1, -0.05) is 27.2 Å². The first-order chi connectivity index (χ1) is 9.06. The van der Waals surface area contributed by atoms with E-state index in [-0.39, 0.29) is 6.03 Å². The molecule has 0 saturated heterocycles. The van der Waals surface area contributed by atoms with E-state index in [1.54, 1.807) is 18.5 Å². The van der Waals surface area contributed by atoms with Crippen molar-refractivity contribution >= 4 is 6.03 Å². The molecule has 2 heterocycles. The summed E-state index contributed by atoms with van der Waals surface area (Å²) in [5.74, 6) is 0.308. The summed E-state index contributed by atoms with van der Waals surface area (Å²) in [6.07, 6.45) is 5.07. The number of nitrogens with zero attached hydrogens (tertiary/aromatic N) is 4. The summed E-state index contributed by atoms with van der Waals surface area (Å²) in [5.41, 5.74) is 3.10. The Morgan fingerprint density at radius 1 is 1.42 bits per heavy atom. The summed E-state index contributed by atoms with van der Waals surface area (Å²) in [6, 6.07) is 1.51. The van der Waals surface area contributed by atoms with E-state index in [4.69, 9.17) is 0 Å². The zero-order valence-corrected chi connectivity index (χ0v) is 11.9. The predicted molar refractivity (Wildman–Crippen MR) is 73.5 cm³/mol. The highest BCUT2D eigenvalue weighted by atomic mass is 16.2. The molecule has 0 aliphatic heterocycles. The molecule has 5 heteroatoms. The van der Waals surface area contributed by atoms with Crippen molar-refractivity contribution in [1.82, 2.24) is 19.6 Å². The van der Waals surface area contributed by atoms with Crippen LogP contribution < -0.4 is 0 Å². The van der Waals surface area contributed by atoms with E-state index in [0.717, 1.165) is 29.8 Å². The average Bonchev–Trinajstić information content (AvgIpc) is 2.98. The third-order valence-electron chi connectivity index (χ3n) is 3.20. The van der Waals surface area contributed by atoms with Gasteiger partial charge in [0.1, 0.15) is 0 Å². The van der Waals surface area contributed by atoms with E-state index in [9.17, 15) is 4.79 Å². The maximum Gasteiger partial charge on any atom is 0.369 e. The summed E-state index contributed by atoms with van der Waals surface area (Å²) in [7, 11) is 0. The summed E-state index contributed by atoms with van der Waals surface area (Å²) in [4.78, 5) is 12.4. The zero-order valence-electron chi connectivity index (χ0n) is 11.9. The van der Waals surface area contributed by atoms with Crippen molar-refractivity contribution in [2.75, 3.05) is 0 Å². The van der Waals surface area contributed by atoms with Crippen LogP contribution in [0.1, 0.15) is 50.1 Å². The lowest BCUT2D eigenvalue weighted by Gasteiger charge is -2.05. The summed E-state index contributed by atoms with van der Waals surface area (Å²) in [6.45, 7) is 8.33. The SMILES string of the molecule is CCCc1c(C)c(C(C)C)nn1C(=O)n1cccn1. The summed E-state index contributed by atoms with van der Waals surface area (Å²) in [5, 5.41) is 8.47. The Hall–Kier alpha value is -1.91. The molecular formula is C14H20N4O. The minimum absolute atomic E-state index is 0.219. The van der Waals surface area contributed by atoms with Gasteiger partial charge >= 0.3 is 6.03 Å². The first-order valence-corrected chi connectivity index (χ1v) is 6.69. The molecule has 102 valence electrons. The van der Waals surface area contributed by atoms with Crippen LogP contribution in [0, 0.1) is 6.92 Å². The van der Waals surface area contributed by atoms with Gasteiger partial charge in [0.15, 0.2) is 0 Å². The van der Waals surface area contributed by atoms with Gasteiger partial charge in [-0.25, -0.2) is 4.79 Å². The fraction of sp³-hybridized carbons (Fsp3) is 0.500. The van der Waals surface area contributed by atoms with Crippen molar-refractivity contribution in [2.45, 2.75) is 46.5 Å². The minimum atomic E-state index is -0.219. The molecular weight excluding hydrogens is 240 g/mol. The van der Waals surface area contributed by atoms with Gasteiger partial charge in [0.2, 0.25) is 0 Å². The fourth-order valence-electron chi connectivity index (χ4n) is 2.27. The van der Waals surface area contributed by atoms with Gasteiger partial charge in [0.05, 0.1) is 11.4 Å². The summed E-state index contributed by atoms with van der Waals surface area (Å²) < 4.78 is 2.82. The normalized spacial score (nSPS) is 11.2. The number of hydrogen-bond donors (Lipinski definition) is 0. The molecule has 0 aliphatic rings. The van der Waals surface area contributed by atoms with Crippen molar-refractivity contribution in [3.8, 4) is 0 Å². The molecule has 0 N–H and O–H groups in total. The number of aromatic nitrogens is 4. The van der Waals surface area contributed by atoms with E-state index in [2.05, 4.69) is 31.0 Å². The van der Waals surface area contributed by atoms with Crippen molar-refractivity contribution in [3.63, 3.8) is 0 Å². The first-order valence-electron chi connectivity index (χ1n) is 6.69. The van der Waals surface area contributed by atoms with Crippen molar-refractivity contribution in [1.29, 1.82) is 0 Å². The standard InChI is InChI=1S/C14H20N4O/c1-5-7-12-11(4)13(10(2)3)16-18(12)14(19)17-9-6-8-15-17/h6,8-10H,5,7H2,1-4H3. The van der Waals surface area contributed by atoms with E-state index < -0.39 is 0 Å². The van der Waals surface area contributed by atoms with Crippen LogP contribution in [-0.2, 0) is 6.42 Å². The van der Waals surface area contributed by atoms with Crippen molar-refractivity contribution in [2.24, 2.45) is 0 Å². The first kappa shape index (κ1) is 13.5. The van der Waals surface area contributed by atoms with Crippen molar-refractivity contribution < 1.29 is 4.79 Å². The number of carbonyl (C=O) groups is 1. The lowest BCUT2D eigenvalue weighted by Crippen LogP contribution is -2.23. The minimum Gasteiger partial charge on any atom is -0.244 e. The molecule has 0 saturated carbocycles. The van der Waals surface area contributed by atoms with E-state index in [0.29, 0.717) is 5.92 Å². The molecule has 0 aliphatic carbocycles. The second kappa shape index (κ2) is 5.38. The van der Waals surface area contributed by atoms with E-state index >= 15 is 0 Å². The molecule has 0 bridgehead atoms. The van der Waals surface area contributed by atoms with Gasteiger partial charge in [0.25, 0.3) is 0 Å². The molecule has 0 atom stereocenters. The molecule has 0 spiro atoms. The van der Waals surface area contributed by atoms with E-state index in [1.807, 2.05) is 6.92 Å². The summed E-state index contributed by atoms with van der Waals surface area (Å²) >= 11 is 0. The Morgan fingerprint density at radius 2 is 2.16 bits per heavy atom. The van der Waals surface area contributed by atoms with Gasteiger partial charge in [-0.3, -0.25) is 0 Å². The second-order valence-corrected chi connectivity index (χ2v) is 5.01. The highest BCUT2D eigenvalue weighted by Crippen LogP contribution is 2.22. The van der Waals surface area contributed by atoms with Crippen LogP contribution in [0.25, 0.3) is 0 Å². The highest BCUT2D eigenvalue weighted by molar-refractivity contribution is 5.78. The lowest BCUT2D eigenvalue weighted by atomic mass is 10.0. The van der Waals surface area contributed by atoms with Crippen LogP contribution in [0.5, 0.6) is 0 Å². The molecule has 2 rings (SSSR count). The maximum atomic E-state index is 12.4. The van der Waals surface area contributed by atoms with Gasteiger partial charge in [-0.15, -0.1) is 0 Å².